The van der Waals surface area contributed by atoms with Gasteiger partial charge in [-0.15, -0.1) is 0 Å². The van der Waals surface area contributed by atoms with Crippen LogP contribution in [-0.2, 0) is 28.6 Å². The van der Waals surface area contributed by atoms with E-state index in [4.69, 9.17) is 13.7 Å². The number of esters is 1. The van der Waals surface area contributed by atoms with Gasteiger partial charge in [-0.3, -0.25) is 8.98 Å². The van der Waals surface area contributed by atoms with Gasteiger partial charge in [0.1, 0.15) is 5.60 Å². The molecule has 1 rings (SSSR count). The molecule has 0 aromatic rings. The topological polar surface area (TPSA) is 99.2 Å². The van der Waals surface area contributed by atoms with Crippen LogP contribution in [0.25, 0.3) is 0 Å². The van der Waals surface area contributed by atoms with Gasteiger partial charge in [-0.25, -0.2) is 4.79 Å². The zero-order valence-corrected chi connectivity index (χ0v) is 15.1. The van der Waals surface area contributed by atoms with Crippen LogP contribution in [0.15, 0.2) is 0 Å². The summed E-state index contributed by atoms with van der Waals surface area (Å²) in [5, 5.41) is 0. The second-order valence-corrected chi connectivity index (χ2v) is 8.35. The van der Waals surface area contributed by atoms with E-state index in [-0.39, 0.29) is 32.5 Å². The molecule has 23 heavy (non-hydrogen) atoms. The zero-order chi connectivity index (χ0) is 17.9. The van der Waals surface area contributed by atoms with Crippen LogP contribution in [0.2, 0.25) is 0 Å². The molecule has 1 fully saturated rings. The van der Waals surface area contributed by atoms with Crippen LogP contribution in [0.1, 0.15) is 33.6 Å². The monoisotopic (exact) mass is 351 g/mol. The molecule has 9 heteroatoms. The molecule has 1 aliphatic rings. The average Bonchev–Trinajstić information content (AvgIpc) is 2.42. The molecule has 0 N–H and O–H groups in total. The van der Waals surface area contributed by atoms with E-state index < -0.39 is 33.2 Å². The van der Waals surface area contributed by atoms with Crippen LogP contribution < -0.4 is 0 Å². The lowest BCUT2D eigenvalue weighted by Gasteiger charge is -2.39. The summed E-state index contributed by atoms with van der Waals surface area (Å²) in [5.74, 6) is -0.537. The van der Waals surface area contributed by atoms with E-state index in [1.807, 2.05) is 0 Å². The Balaban J connectivity index is 2.76. The maximum atomic E-state index is 12.1. The van der Waals surface area contributed by atoms with Crippen LogP contribution >= 0.6 is 0 Å². The Morgan fingerprint density at radius 1 is 1.17 bits per heavy atom. The first kappa shape index (κ1) is 19.7. The number of methoxy groups -OCH3 is 1. The minimum atomic E-state index is -3.67. The minimum Gasteiger partial charge on any atom is -0.469 e. The third-order valence-corrected chi connectivity index (χ3v) is 4.09. The van der Waals surface area contributed by atoms with Crippen molar-refractivity contribution in [3.05, 3.63) is 0 Å². The fourth-order valence-corrected chi connectivity index (χ4v) is 2.73. The van der Waals surface area contributed by atoms with Crippen molar-refractivity contribution in [1.82, 2.24) is 4.90 Å². The quantitative estimate of drug-likeness (QED) is 0.553. The van der Waals surface area contributed by atoms with E-state index in [2.05, 4.69) is 0 Å². The first-order chi connectivity index (χ1) is 10.4. The van der Waals surface area contributed by atoms with E-state index >= 15 is 0 Å². The molecule has 1 saturated heterocycles. The Hall–Kier alpha value is -1.35. The second-order valence-electron chi connectivity index (χ2n) is 6.71. The van der Waals surface area contributed by atoms with Gasteiger partial charge in [-0.05, 0) is 33.6 Å². The number of carbonyl (C=O) groups excluding carboxylic acids is 2. The Labute approximate surface area is 137 Å². The number of nitrogens with zero attached hydrogens (tertiary/aromatic N) is 1. The number of rotatable bonds is 4. The lowest BCUT2D eigenvalue weighted by atomic mass is 9.79. The Morgan fingerprint density at radius 2 is 1.70 bits per heavy atom. The van der Waals surface area contributed by atoms with Gasteiger partial charge < -0.3 is 14.4 Å². The molecular weight excluding hydrogens is 326 g/mol. The molecule has 0 radical (unpaired) electrons. The Kier molecular flexibility index (Phi) is 6.03. The van der Waals surface area contributed by atoms with Crippen LogP contribution in [0, 0.1) is 5.41 Å². The van der Waals surface area contributed by atoms with Crippen molar-refractivity contribution in [2.24, 2.45) is 5.41 Å². The summed E-state index contributed by atoms with van der Waals surface area (Å²) in [4.78, 5) is 25.6. The molecule has 0 saturated carbocycles. The first-order valence-electron chi connectivity index (χ1n) is 7.29. The first-order valence-corrected chi connectivity index (χ1v) is 9.11. The van der Waals surface area contributed by atoms with Gasteiger partial charge in [0.15, 0.2) is 0 Å². The van der Waals surface area contributed by atoms with Gasteiger partial charge in [-0.1, -0.05) is 0 Å². The summed E-state index contributed by atoms with van der Waals surface area (Å²) < 4.78 is 37.3. The molecule has 0 unspecified atom stereocenters. The van der Waals surface area contributed by atoms with Gasteiger partial charge in [0.05, 0.1) is 25.4 Å². The lowest BCUT2D eigenvalue weighted by Crippen LogP contribution is -2.50. The number of amides is 1. The van der Waals surface area contributed by atoms with Gasteiger partial charge in [0.2, 0.25) is 0 Å². The second kappa shape index (κ2) is 7.04. The highest BCUT2D eigenvalue weighted by atomic mass is 32.2. The van der Waals surface area contributed by atoms with Gasteiger partial charge in [-0.2, -0.15) is 8.42 Å². The predicted molar refractivity (Wildman–Crippen MR) is 82.3 cm³/mol. The molecule has 134 valence electrons. The van der Waals surface area contributed by atoms with E-state index in [0.29, 0.717) is 0 Å². The molecule has 8 nitrogen and oxygen atoms in total. The van der Waals surface area contributed by atoms with Crippen molar-refractivity contribution < 1.29 is 31.7 Å². The van der Waals surface area contributed by atoms with E-state index in [0.717, 1.165) is 6.26 Å². The summed E-state index contributed by atoms with van der Waals surface area (Å²) in [6.07, 6.45) is 0.955. The number of ether oxygens (including phenoxy) is 2. The number of piperidine rings is 1. The van der Waals surface area contributed by atoms with E-state index in [9.17, 15) is 18.0 Å². The predicted octanol–water partition coefficient (Wildman–Crippen LogP) is 1.15. The molecule has 0 aromatic heterocycles. The molecule has 1 amide bonds. The number of likely N-dealkylation sites (tertiary alicyclic amines) is 1. The molecule has 0 aromatic carbocycles. The largest absolute Gasteiger partial charge is 0.469 e. The highest BCUT2D eigenvalue weighted by Gasteiger charge is 2.45. The number of carbonyl (C=O) groups is 2. The van der Waals surface area contributed by atoms with Crippen molar-refractivity contribution in [3.63, 3.8) is 0 Å². The summed E-state index contributed by atoms with van der Waals surface area (Å²) in [5.41, 5.74) is -1.68. The molecular formula is C14H25NO7S. The Bertz CT molecular complexity index is 542. The van der Waals surface area contributed by atoms with E-state index in [1.165, 1.54) is 12.0 Å². The Morgan fingerprint density at radius 3 is 2.09 bits per heavy atom. The normalized spacial score (nSPS) is 18.4. The number of hydrogen-bond acceptors (Lipinski definition) is 7. The number of hydrogen-bond donors (Lipinski definition) is 0. The maximum Gasteiger partial charge on any atom is 0.410 e. The van der Waals surface area contributed by atoms with Gasteiger partial charge in [0, 0.05) is 13.1 Å². The van der Waals surface area contributed by atoms with Crippen molar-refractivity contribution in [2.75, 3.05) is 33.1 Å². The lowest BCUT2D eigenvalue weighted by molar-refractivity contribution is -0.158. The zero-order valence-electron chi connectivity index (χ0n) is 14.2. The third-order valence-electron chi connectivity index (χ3n) is 3.54. The molecule has 1 heterocycles. The standard InChI is InChI=1S/C14H25NO7S/c1-13(2,3)22-12(17)15-8-6-14(7-9-15,11(16)20-4)10-21-23(5,18)19/h6-10H2,1-5H3. The molecule has 0 spiro atoms. The van der Waals surface area contributed by atoms with Crippen molar-refractivity contribution in [3.8, 4) is 0 Å². The maximum absolute atomic E-state index is 12.1. The minimum absolute atomic E-state index is 0.244. The van der Waals surface area contributed by atoms with E-state index in [1.54, 1.807) is 20.8 Å². The molecule has 0 bridgehead atoms. The van der Waals surface area contributed by atoms with Crippen LogP contribution in [-0.4, -0.2) is 64.0 Å². The summed E-state index contributed by atoms with van der Waals surface area (Å²) >= 11 is 0. The average molecular weight is 351 g/mol. The van der Waals surface area contributed by atoms with Gasteiger partial charge >= 0.3 is 12.1 Å². The third kappa shape index (κ3) is 5.98. The summed E-state index contributed by atoms with van der Waals surface area (Å²) in [6.45, 7) is 5.55. The fourth-order valence-electron chi connectivity index (χ4n) is 2.29. The molecule has 1 aliphatic heterocycles. The highest BCUT2D eigenvalue weighted by Crippen LogP contribution is 2.34. The SMILES string of the molecule is COC(=O)C1(COS(C)(=O)=O)CCN(C(=O)OC(C)(C)C)CC1. The van der Waals surface area contributed by atoms with Crippen LogP contribution in [0.3, 0.4) is 0 Å². The van der Waals surface area contributed by atoms with Crippen molar-refractivity contribution >= 4 is 22.2 Å². The van der Waals surface area contributed by atoms with Crippen molar-refractivity contribution in [1.29, 1.82) is 0 Å². The van der Waals surface area contributed by atoms with Crippen LogP contribution in [0.4, 0.5) is 4.79 Å². The summed E-state index contributed by atoms with van der Waals surface area (Å²) in [7, 11) is -2.43. The smallest absolute Gasteiger partial charge is 0.410 e. The van der Waals surface area contributed by atoms with Crippen molar-refractivity contribution in [2.45, 2.75) is 39.2 Å². The van der Waals surface area contributed by atoms with Crippen LogP contribution in [0.5, 0.6) is 0 Å². The highest BCUT2D eigenvalue weighted by molar-refractivity contribution is 7.85. The molecule has 0 aliphatic carbocycles. The summed E-state index contributed by atoms with van der Waals surface area (Å²) in [6, 6.07) is 0. The molecule has 0 atom stereocenters. The van der Waals surface area contributed by atoms with Gasteiger partial charge in [0.25, 0.3) is 10.1 Å². The fraction of sp³-hybridized carbons (Fsp3) is 0.857.